The fraction of sp³-hybridized carbons (Fsp3) is 0.632. The minimum Gasteiger partial charge on any atom is -0.496 e. The predicted molar refractivity (Wildman–Crippen MR) is 122 cm³/mol. The van der Waals surface area contributed by atoms with E-state index in [1.807, 2.05) is 30.0 Å². The molecule has 148 valence electrons. The number of rotatable bonds is 8. The van der Waals surface area contributed by atoms with Crippen LogP contribution >= 0.6 is 35.7 Å². The Morgan fingerprint density at radius 2 is 2.00 bits per heavy atom. The van der Waals surface area contributed by atoms with Crippen molar-refractivity contribution in [3.8, 4) is 5.75 Å². The molecular weight excluding hydrogens is 461 g/mol. The van der Waals surface area contributed by atoms with E-state index in [0.29, 0.717) is 0 Å². The van der Waals surface area contributed by atoms with Gasteiger partial charge in [-0.25, -0.2) is 0 Å². The first kappa shape index (κ1) is 23.4. The highest BCUT2D eigenvalue weighted by molar-refractivity contribution is 14.0. The van der Waals surface area contributed by atoms with Crippen molar-refractivity contribution in [3.63, 3.8) is 0 Å². The number of aliphatic imine (C=N–C) groups is 1. The van der Waals surface area contributed by atoms with Crippen LogP contribution in [0.4, 0.5) is 0 Å². The Morgan fingerprint density at radius 3 is 2.65 bits per heavy atom. The number of ether oxygens (including phenoxy) is 2. The number of nitrogens with one attached hydrogen (secondary N) is 2. The van der Waals surface area contributed by atoms with Gasteiger partial charge in [-0.3, -0.25) is 4.99 Å². The van der Waals surface area contributed by atoms with Gasteiger partial charge in [0.2, 0.25) is 0 Å². The number of hydrogen-bond acceptors (Lipinski definition) is 4. The average Bonchev–Trinajstić information content (AvgIpc) is 2.67. The molecule has 0 unspecified atom stereocenters. The molecule has 5 nitrogen and oxygen atoms in total. The van der Waals surface area contributed by atoms with Crippen molar-refractivity contribution in [1.29, 1.82) is 0 Å². The lowest BCUT2D eigenvalue weighted by atomic mass is 9.99. The van der Waals surface area contributed by atoms with Crippen LogP contribution in [0.5, 0.6) is 5.75 Å². The van der Waals surface area contributed by atoms with Gasteiger partial charge in [0.15, 0.2) is 5.96 Å². The summed E-state index contributed by atoms with van der Waals surface area (Å²) in [6.07, 6.45) is 5.22. The van der Waals surface area contributed by atoms with E-state index in [0.717, 1.165) is 63.8 Å². The molecule has 0 spiro atoms. The molecule has 1 saturated heterocycles. The van der Waals surface area contributed by atoms with Crippen LogP contribution in [0.1, 0.15) is 25.3 Å². The Kier molecular flexibility index (Phi) is 11.4. The second kappa shape index (κ2) is 12.7. The van der Waals surface area contributed by atoms with Crippen LogP contribution in [0.25, 0.3) is 0 Å². The Labute approximate surface area is 179 Å². The fourth-order valence-electron chi connectivity index (χ4n) is 2.96. The Hall–Kier alpha value is -0.670. The van der Waals surface area contributed by atoms with Gasteiger partial charge in [-0.2, -0.15) is 11.8 Å². The first-order valence-electron chi connectivity index (χ1n) is 9.00. The number of nitrogens with zero attached hydrogens (tertiary/aromatic N) is 1. The summed E-state index contributed by atoms with van der Waals surface area (Å²) in [6.45, 7) is 6.28. The second-order valence-corrected chi connectivity index (χ2v) is 7.46. The molecule has 0 aliphatic carbocycles. The standard InChI is InChI=1S/C19H31N3O2S.HI/c1-4-20-18(22-15-19(25-3)10-13-24-14-11-19)21-12-9-16-7-5-6-8-17(16)23-2;/h5-8H,4,9-15H2,1-3H3,(H2,20,21,22);1H. The van der Waals surface area contributed by atoms with Gasteiger partial charge in [0.05, 0.1) is 13.7 Å². The van der Waals surface area contributed by atoms with Gasteiger partial charge >= 0.3 is 0 Å². The molecule has 1 heterocycles. The van der Waals surface area contributed by atoms with Crippen LogP contribution in [0.2, 0.25) is 0 Å². The summed E-state index contributed by atoms with van der Waals surface area (Å²) in [5.74, 6) is 1.83. The molecule has 1 aliphatic rings. The van der Waals surface area contributed by atoms with Crippen molar-refractivity contribution >= 4 is 41.7 Å². The van der Waals surface area contributed by atoms with Crippen molar-refractivity contribution in [2.75, 3.05) is 46.2 Å². The summed E-state index contributed by atoms with van der Waals surface area (Å²) in [5, 5.41) is 6.79. The van der Waals surface area contributed by atoms with Crippen LogP contribution in [0, 0.1) is 0 Å². The summed E-state index contributed by atoms with van der Waals surface area (Å²) < 4.78 is 11.1. The van der Waals surface area contributed by atoms with E-state index >= 15 is 0 Å². The molecule has 26 heavy (non-hydrogen) atoms. The third-order valence-electron chi connectivity index (χ3n) is 4.59. The molecule has 2 rings (SSSR count). The van der Waals surface area contributed by atoms with Crippen molar-refractivity contribution in [2.24, 2.45) is 4.99 Å². The zero-order valence-electron chi connectivity index (χ0n) is 16.0. The van der Waals surface area contributed by atoms with Gasteiger partial charge in [0.25, 0.3) is 0 Å². The lowest BCUT2D eigenvalue weighted by Crippen LogP contribution is -2.41. The molecule has 2 N–H and O–H groups in total. The highest BCUT2D eigenvalue weighted by Gasteiger charge is 2.31. The SMILES string of the molecule is CCNC(=NCC1(SC)CCOCC1)NCCc1ccccc1OC.I. The third-order valence-corrected chi connectivity index (χ3v) is 5.99. The molecule has 0 aromatic heterocycles. The minimum atomic E-state index is 0. The summed E-state index contributed by atoms with van der Waals surface area (Å²) in [4.78, 5) is 4.84. The largest absolute Gasteiger partial charge is 0.496 e. The predicted octanol–water partition coefficient (Wildman–Crippen LogP) is 3.32. The third kappa shape index (κ3) is 7.15. The van der Waals surface area contributed by atoms with E-state index in [9.17, 15) is 0 Å². The second-order valence-electron chi connectivity index (χ2n) is 6.18. The molecule has 7 heteroatoms. The van der Waals surface area contributed by atoms with Gasteiger partial charge in [-0.1, -0.05) is 18.2 Å². The fourth-order valence-corrected chi connectivity index (χ4v) is 3.73. The summed E-state index contributed by atoms with van der Waals surface area (Å²) in [7, 11) is 1.72. The normalized spacial score (nSPS) is 16.5. The topological polar surface area (TPSA) is 54.9 Å². The first-order chi connectivity index (χ1) is 12.2. The number of halogens is 1. The minimum absolute atomic E-state index is 0. The summed E-state index contributed by atoms with van der Waals surface area (Å²) >= 11 is 1.92. The highest BCUT2D eigenvalue weighted by Crippen LogP contribution is 2.33. The number of guanidine groups is 1. The summed E-state index contributed by atoms with van der Waals surface area (Å²) in [6, 6.07) is 8.15. The maximum Gasteiger partial charge on any atom is 0.191 e. The molecular formula is C19H32IN3O2S. The molecule has 1 aliphatic heterocycles. The van der Waals surface area contributed by atoms with Crippen molar-refractivity contribution < 1.29 is 9.47 Å². The zero-order valence-corrected chi connectivity index (χ0v) is 19.2. The molecule has 1 fully saturated rings. The number of thioether (sulfide) groups is 1. The van der Waals surface area contributed by atoms with Crippen LogP contribution in [-0.4, -0.2) is 56.9 Å². The van der Waals surface area contributed by atoms with Crippen molar-refractivity contribution in [3.05, 3.63) is 29.8 Å². The van der Waals surface area contributed by atoms with E-state index in [2.05, 4.69) is 29.9 Å². The lowest BCUT2D eigenvalue weighted by Gasteiger charge is -2.34. The van der Waals surface area contributed by atoms with E-state index in [1.54, 1.807) is 7.11 Å². The van der Waals surface area contributed by atoms with Crippen LogP contribution < -0.4 is 15.4 Å². The highest BCUT2D eigenvalue weighted by atomic mass is 127. The number of para-hydroxylation sites is 1. The maximum absolute atomic E-state index is 5.51. The molecule has 0 radical (unpaired) electrons. The Morgan fingerprint density at radius 1 is 1.27 bits per heavy atom. The van der Waals surface area contributed by atoms with E-state index in [-0.39, 0.29) is 28.7 Å². The quantitative estimate of drug-likeness (QED) is 0.331. The van der Waals surface area contributed by atoms with Gasteiger partial charge in [0.1, 0.15) is 5.75 Å². The number of benzene rings is 1. The smallest absolute Gasteiger partial charge is 0.191 e. The van der Waals surface area contributed by atoms with Gasteiger partial charge in [0, 0.05) is 31.1 Å². The van der Waals surface area contributed by atoms with Crippen molar-refractivity contribution in [1.82, 2.24) is 10.6 Å². The van der Waals surface area contributed by atoms with Gasteiger partial charge in [-0.05, 0) is 44.1 Å². The van der Waals surface area contributed by atoms with Gasteiger partial charge < -0.3 is 20.1 Å². The van der Waals surface area contributed by atoms with Gasteiger partial charge in [-0.15, -0.1) is 24.0 Å². The Bertz CT molecular complexity index is 551. The van der Waals surface area contributed by atoms with Crippen LogP contribution in [-0.2, 0) is 11.2 Å². The molecule has 0 amide bonds. The molecule has 0 saturated carbocycles. The van der Waals surface area contributed by atoms with E-state index in [1.165, 1.54) is 5.56 Å². The molecule has 1 aromatic carbocycles. The maximum atomic E-state index is 5.51. The molecule has 1 aromatic rings. The molecule has 0 bridgehead atoms. The zero-order chi connectivity index (χ0) is 18.0. The lowest BCUT2D eigenvalue weighted by molar-refractivity contribution is 0.0794. The van der Waals surface area contributed by atoms with Crippen LogP contribution in [0.3, 0.4) is 0 Å². The molecule has 0 atom stereocenters. The number of hydrogen-bond donors (Lipinski definition) is 2. The number of methoxy groups -OCH3 is 1. The Balaban J connectivity index is 0.00000338. The van der Waals surface area contributed by atoms with Crippen molar-refractivity contribution in [2.45, 2.75) is 30.9 Å². The average molecular weight is 493 g/mol. The first-order valence-corrected chi connectivity index (χ1v) is 10.2. The van der Waals surface area contributed by atoms with E-state index in [4.69, 9.17) is 14.5 Å². The van der Waals surface area contributed by atoms with Crippen LogP contribution in [0.15, 0.2) is 29.3 Å². The van der Waals surface area contributed by atoms with E-state index < -0.39 is 0 Å². The monoisotopic (exact) mass is 493 g/mol. The summed E-state index contributed by atoms with van der Waals surface area (Å²) in [5.41, 5.74) is 1.21.